The van der Waals surface area contributed by atoms with Gasteiger partial charge in [0.15, 0.2) is 0 Å². The van der Waals surface area contributed by atoms with Gasteiger partial charge in [-0.05, 0) is 24.3 Å². The van der Waals surface area contributed by atoms with Crippen LogP contribution in [0, 0.1) is 6.92 Å². The minimum atomic E-state index is 0.811. The molecule has 2 aromatic rings. The van der Waals surface area contributed by atoms with Crippen LogP contribution in [0.5, 0.6) is 5.75 Å². The normalized spacial score (nSPS) is 10.6. The number of hydrogen-bond acceptors (Lipinski definition) is 1. The predicted molar refractivity (Wildman–Crippen MR) is 69.1 cm³/mol. The second-order valence-electron chi connectivity index (χ2n) is 4.13. The van der Waals surface area contributed by atoms with Crippen molar-refractivity contribution in [1.29, 1.82) is 0 Å². The summed E-state index contributed by atoms with van der Waals surface area (Å²) in [6, 6.07) is 12.7. The zero-order valence-corrected chi connectivity index (χ0v) is 9.99. The molecule has 2 rings (SSSR count). The van der Waals surface area contributed by atoms with Gasteiger partial charge in [-0.15, -0.1) is 0 Å². The van der Waals surface area contributed by atoms with Crippen LogP contribution in [0.15, 0.2) is 36.4 Å². The lowest BCUT2D eigenvalue weighted by Gasteiger charge is -2.11. The van der Waals surface area contributed by atoms with E-state index in [4.69, 9.17) is 4.74 Å². The Kier molecular flexibility index (Phi) is 3.45. The molecule has 0 unspecified atom stereocenters. The minimum Gasteiger partial charge on any atom is -0.493 e. The summed E-state index contributed by atoms with van der Waals surface area (Å²) in [5.74, 6) is 1.05. The molecular weight excluding hydrogens is 196 g/mol. The first-order valence-electron chi connectivity index (χ1n) is 5.94. The molecule has 2 aromatic carbocycles. The van der Waals surface area contributed by atoms with Crippen LogP contribution < -0.4 is 4.74 Å². The second-order valence-corrected chi connectivity index (χ2v) is 4.13. The Labute approximate surface area is 97.1 Å². The maximum Gasteiger partial charge on any atom is 0.130 e. The number of benzene rings is 2. The van der Waals surface area contributed by atoms with Crippen LogP contribution in [0.4, 0.5) is 0 Å². The van der Waals surface area contributed by atoms with E-state index in [1.807, 2.05) is 0 Å². The number of hydrogen-bond donors (Lipinski definition) is 0. The van der Waals surface area contributed by atoms with Crippen molar-refractivity contribution in [2.75, 3.05) is 6.61 Å². The molecule has 0 fully saturated rings. The zero-order chi connectivity index (χ0) is 11.4. The molecule has 0 aliphatic heterocycles. The first-order chi connectivity index (χ1) is 7.83. The molecule has 0 radical (unpaired) electrons. The van der Waals surface area contributed by atoms with Gasteiger partial charge in [0.2, 0.25) is 0 Å². The van der Waals surface area contributed by atoms with E-state index in [1.165, 1.54) is 22.8 Å². The van der Waals surface area contributed by atoms with Gasteiger partial charge < -0.3 is 4.74 Å². The van der Waals surface area contributed by atoms with Crippen molar-refractivity contribution in [3.8, 4) is 5.75 Å². The first-order valence-corrected chi connectivity index (χ1v) is 5.94. The number of rotatable bonds is 4. The molecule has 84 valence electrons. The van der Waals surface area contributed by atoms with Crippen LogP contribution in [0.1, 0.15) is 25.3 Å². The van der Waals surface area contributed by atoms with Gasteiger partial charge in [0.05, 0.1) is 6.61 Å². The first kappa shape index (κ1) is 11.0. The highest BCUT2D eigenvalue weighted by Gasteiger charge is 2.04. The largest absolute Gasteiger partial charge is 0.493 e. The molecule has 0 aromatic heterocycles. The Hall–Kier alpha value is -1.50. The van der Waals surface area contributed by atoms with Crippen LogP contribution in [-0.2, 0) is 0 Å². The fourth-order valence-electron chi connectivity index (χ4n) is 1.86. The third-order valence-corrected chi connectivity index (χ3v) is 2.82. The van der Waals surface area contributed by atoms with Gasteiger partial charge in [-0.3, -0.25) is 0 Å². The zero-order valence-electron chi connectivity index (χ0n) is 9.99. The van der Waals surface area contributed by atoms with Crippen molar-refractivity contribution < 1.29 is 4.74 Å². The third kappa shape index (κ3) is 2.19. The van der Waals surface area contributed by atoms with Crippen LogP contribution in [-0.4, -0.2) is 6.61 Å². The molecule has 0 N–H and O–H groups in total. The lowest BCUT2D eigenvalue weighted by Crippen LogP contribution is -1.98. The molecule has 1 heteroatoms. The maximum atomic E-state index is 5.89. The van der Waals surface area contributed by atoms with Gasteiger partial charge in [-0.1, -0.05) is 49.7 Å². The van der Waals surface area contributed by atoms with Gasteiger partial charge in [0.1, 0.15) is 5.75 Å². The van der Waals surface area contributed by atoms with E-state index in [2.05, 4.69) is 50.2 Å². The molecule has 0 atom stereocenters. The topological polar surface area (TPSA) is 9.23 Å². The van der Waals surface area contributed by atoms with Gasteiger partial charge in [-0.2, -0.15) is 0 Å². The summed E-state index contributed by atoms with van der Waals surface area (Å²) in [5, 5.41) is 2.47. The van der Waals surface area contributed by atoms with Crippen LogP contribution in [0.25, 0.3) is 10.8 Å². The Bertz CT molecular complexity index is 474. The monoisotopic (exact) mass is 214 g/mol. The average Bonchev–Trinajstić information content (AvgIpc) is 2.32. The van der Waals surface area contributed by atoms with Gasteiger partial charge in [0.25, 0.3) is 0 Å². The van der Waals surface area contributed by atoms with Crippen LogP contribution in [0.3, 0.4) is 0 Å². The summed E-state index contributed by atoms with van der Waals surface area (Å²) in [4.78, 5) is 0. The van der Waals surface area contributed by atoms with Crippen molar-refractivity contribution in [1.82, 2.24) is 0 Å². The SMILES string of the molecule is CCCCOc1c(C)ccc2ccccc12. The summed E-state index contributed by atoms with van der Waals surface area (Å²) in [5.41, 5.74) is 1.22. The Balaban J connectivity index is 2.37. The predicted octanol–water partition coefficient (Wildman–Crippen LogP) is 4.33. The summed E-state index contributed by atoms with van der Waals surface area (Å²) >= 11 is 0. The fraction of sp³-hybridized carbons (Fsp3) is 0.333. The molecule has 16 heavy (non-hydrogen) atoms. The lowest BCUT2D eigenvalue weighted by molar-refractivity contribution is 0.311. The van der Waals surface area contributed by atoms with E-state index in [0.29, 0.717) is 0 Å². The smallest absolute Gasteiger partial charge is 0.130 e. The fourth-order valence-corrected chi connectivity index (χ4v) is 1.86. The highest BCUT2D eigenvalue weighted by molar-refractivity contribution is 5.89. The van der Waals surface area contributed by atoms with E-state index < -0.39 is 0 Å². The van der Waals surface area contributed by atoms with Crippen LogP contribution >= 0.6 is 0 Å². The van der Waals surface area contributed by atoms with Crippen molar-refractivity contribution in [2.45, 2.75) is 26.7 Å². The number of fused-ring (bicyclic) bond motifs is 1. The quantitative estimate of drug-likeness (QED) is 0.688. The van der Waals surface area contributed by atoms with Crippen molar-refractivity contribution in [3.63, 3.8) is 0 Å². The standard InChI is InChI=1S/C15H18O/c1-3-4-11-16-15-12(2)9-10-13-7-5-6-8-14(13)15/h5-10H,3-4,11H2,1-2H3. The van der Waals surface area contributed by atoms with Crippen molar-refractivity contribution >= 4 is 10.8 Å². The molecule has 0 spiro atoms. The molecule has 0 saturated heterocycles. The van der Waals surface area contributed by atoms with Gasteiger partial charge in [0, 0.05) is 5.39 Å². The van der Waals surface area contributed by atoms with Gasteiger partial charge >= 0.3 is 0 Å². The molecule has 0 aliphatic carbocycles. The second kappa shape index (κ2) is 5.02. The van der Waals surface area contributed by atoms with E-state index in [0.717, 1.165) is 18.8 Å². The van der Waals surface area contributed by atoms with Crippen molar-refractivity contribution in [3.05, 3.63) is 42.0 Å². The summed E-state index contributed by atoms with van der Waals surface area (Å²) < 4.78 is 5.89. The molecule has 0 aliphatic rings. The van der Waals surface area contributed by atoms with E-state index in [1.54, 1.807) is 0 Å². The van der Waals surface area contributed by atoms with Crippen molar-refractivity contribution in [2.24, 2.45) is 0 Å². The molecule has 0 amide bonds. The van der Waals surface area contributed by atoms with E-state index in [-0.39, 0.29) is 0 Å². The average molecular weight is 214 g/mol. The lowest BCUT2D eigenvalue weighted by atomic mass is 10.1. The molecule has 0 heterocycles. The number of aryl methyl sites for hydroxylation is 1. The molecule has 0 saturated carbocycles. The number of ether oxygens (including phenoxy) is 1. The van der Waals surface area contributed by atoms with E-state index >= 15 is 0 Å². The van der Waals surface area contributed by atoms with E-state index in [9.17, 15) is 0 Å². The molecule has 1 nitrogen and oxygen atoms in total. The summed E-state index contributed by atoms with van der Waals surface area (Å²) in [7, 11) is 0. The third-order valence-electron chi connectivity index (χ3n) is 2.82. The Morgan fingerprint density at radius 1 is 1.06 bits per heavy atom. The Morgan fingerprint density at radius 2 is 1.88 bits per heavy atom. The Morgan fingerprint density at radius 3 is 2.69 bits per heavy atom. The molecular formula is C15H18O. The molecule has 0 bridgehead atoms. The highest BCUT2D eigenvalue weighted by atomic mass is 16.5. The van der Waals surface area contributed by atoms with Gasteiger partial charge in [-0.25, -0.2) is 0 Å². The summed E-state index contributed by atoms with van der Waals surface area (Å²) in [6.45, 7) is 5.10. The number of unbranched alkanes of at least 4 members (excludes halogenated alkanes) is 1. The summed E-state index contributed by atoms with van der Waals surface area (Å²) in [6.07, 6.45) is 2.28. The maximum absolute atomic E-state index is 5.89. The van der Waals surface area contributed by atoms with Crippen LogP contribution in [0.2, 0.25) is 0 Å². The minimum absolute atomic E-state index is 0.811. The highest BCUT2D eigenvalue weighted by Crippen LogP contribution is 2.29.